The Hall–Kier alpha value is -1.81. The first-order chi connectivity index (χ1) is 8.30. The van der Waals surface area contributed by atoms with E-state index >= 15 is 0 Å². The van der Waals surface area contributed by atoms with Crippen molar-refractivity contribution < 1.29 is 4.74 Å². The second-order valence-corrected chi connectivity index (χ2v) is 3.77. The van der Waals surface area contributed by atoms with E-state index < -0.39 is 0 Å². The van der Waals surface area contributed by atoms with Crippen LogP contribution < -0.4 is 10.5 Å². The summed E-state index contributed by atoms with van der Waals surface area (Å²) in [6.07, 6.45) is 0.908. The monoisotopic (exact) mass is 231 g/mol. The lowest BCUT2D eigenvalue weighted by atomic mass is 10.2. The van der Waals surface area contributed by atoms with Gasteiger partial charge in [-0.25, -0.2) is 4.68 Å². The molecule has 90 valence electrons. The van der Waals surface area contributed by atoms with Crippen LogP contribution in [0.2, 0.25) is 0 Å². The minimum absolute atomic E-state index is 0.454. The number of aryl methyl sites for hydroxylation is 1. The first-order valence-electron chi connectivity index (χ1n) is 5.71. The first-order valence-corrected chi connectivity index (χ1v) is 5.71. The van der Waals surface area contributed by atoms with Crippen molar-refractivity contribution in [3.63, 3.8) is 0 Å². The number of benzene rings is 1. The zero-order valence-corrected chi connectivity index (χ0v) is 10.2. The van der Waals surface area contributed by atoms with Crippen LogP contribution in [0, 0.1) is 0 Å². The number of rotatable bonds is 4. The maximum absolute atomic E-state index is 5.63. The van der Waals surface area contributed by atoms with Gasteiger partial charge in [0.05, 0.1) is 12.8 Å². The van der Waals surface area contributed by atoms with Gasteiger partial charge in [-0.3, -0.25) is 0 Å². The van der Waals surface area contributed by atoms with Crippen molar-refractivity contribution in [1.82, 2.24) is 9.78 Å². The molecule has 1 heterocycles. The summed E-state index contributed by atoms with van der Waals surface area (Å²) < 4.78 is 7.25. The molecule has 17 heavy (non-hydrogen) atoms. The average Bonchev–Trinajstić information content (AvgIpc) is 2.81. The van der Waals surface area contributed by atoms with Gasteiger partial charge in [0.25, 0.3) is 0 Å². The molecule has 2 rings (SSSR count). The van der Waals surface area contributed by atoms with Gasteiger partial charge in [0, 0.05) is 12.2 Å². The van der Waals surface area contributed by atoms with Crippen LogP contribution in [-0.4, -0.2) is 16.9 Å². The fraction of sp³-hybridized carbons (Fsp3) is 0.308. The zero-order valence-electron chi connectivity index (χ0n) is 10.2. The summed E-state index contributed by atoms with van der Waals surface area (Å²) in [6.45, 7) is 2.55. The van der Waals surface area contributed by atoms with Gasteiger partial charge >= 0.3 is 0 Å². The van der Waals surface area contributed by atoms with Crippen molar-refractivity contribution in [3.8, 4) is 11.4 Å². The van der Waals surface area contributed by atoms with Crippen molar-refractivity contribution in [1.29, 1.82) is 0 Å². The van der Waals surface area contributed by atoms with Gasteiger partial charge < -0.3 is 10.5 Å². The summed E-state index contributed by atoms with van der Waals surface area (Å²) >= 11 is 0. The molecule has 0 aliphatic rings. The van der Waals surface area contributed by atoms with Crippen LogP contribution in [0.1, 0.15) is 18.3 Å². The molecule has 0 amide bonds. The summed E-state index contributed by atoms with van der Waals surface area (Å²) in [5.41, 5.74) is 8.61. The van der Waals surface area contributed by atoms with Gasteiger partial charge in [0.2, 0.25) is 0 Å². The average molecular weight is 231 g/mol. The standard InChI is InChI=1S/C13H17N3O/c1-3-11-8-10(9-14)15-16(11)12-6-4-5-7-13(12)17-2/h4-8H,3,9,14H2,1-2H3. The molecule has 0 atom stereocenters. The Morgan fingerprint density at radius 3 is 2.76 bits per heavy atom. The molecule has 0 unspecified atom stereocenters. The molecule has 0 aliphatic carbocycles. The summed E-state index contributed by atoms with van der Waals surface area (Å²) in [5, 5.41) is 4.49. The van der Waals surface area contributed by atoms with Crippen molar-refractivity contribution in [2.45, 2.75) is 19.9 Å². The molecule has 0 fully saturated rings. The Bertz CT molecular complexity index is 505. The Morgan fingerprint density at radius 2 is 2.12 bits per heavy atom. The van der Waals surface area contributed by atoms with E-state index in [0.717, 1.165) is 29.2 Å². The molecule has 0 saturated carbocycles. The fourth-order valence-corrected chi connectivity index (χ4v) is 1.84. The number of hydrogen-bond acceptors (Lipinski definition) is 3. The second-order valence-electron chi connectivity index (χ2n) is 3.77. The topological polar surface area (TPSA) is 53.1 Å². The van der Waals surface area contributed by atoms with Crippen molar-refractivity contribution in [3.05, 3.63) is 41.7 Å². The summed E-state index contributed by atoms with van der Waals surface area (Å²) in [7, 11) is 1.66. The Labute approximate surface area is 101 Å². The van der Waals surface area contributed by atoms with E-state index in [4.69, 9.17) is 10.5 Å². The van der Waals surface area contributed by atoms with Gasteiger partial charge in [-0.15, -0.1) is 0 Å². The zero-order chi connectivity index (χ0) is 12.3. The van der Waals surface area contributed by atoms with Crippen LogP contribution in [0.15, 0.2) is 30.3 Å². The normalized spacial score (nSPS) is 10.5. The lowest BCUT2D eigenvalue weighted by Crippen LogP contribution is -2.04. The molecular weight excluding hydrogens is 214 g/mol. The van der Waals surface area contributed by atoms with Crippen molar-refractivity contribution >= 4 is 0 Å². The van der Waals surface area contributed by atoms with Gasteiger partial charge in [0.1, 0.15) is 11.4 Å². The van der Waals surface area contributed by atoms with E-state index in [1.54, 1.807) is 7.11 Å². The highest BCUT2D eigenvalue weighted by molar-refractivity contribution is 5.47. The predicted octanol–water partition coefficient (Wildman–Crippen LogP) is 1.90. The SMILES string of the molecule is CCc1cc(CN)nn1-c1ccccc1OC. The number of para-hydroxylation sites is 2. The van der Waals surface area contributed by atoms with E-state index in [1.165, 1.54) is 0 Å². The van der Waals surface area contributed by atoms with E-state index in [9.17, 15) is 0 Å². The Morgan fingerprint density at radius 1 is 1.35 bits per heavy atom. The summed E-state index contributed by atoms with van der Waals surface area (Å²) in [4.78, 5) is 0. The number of aromatic nitrogens is 2. The van der Waals surface area contributed by atoms with E-state index in [1.807, 2.05) is 35.0 Å². The van der Waals surface area contributed by atoms with E-state index in [-0.39, 0.29) is 0 Å². The summed E-state index contributed by atoms with van der Waals surface area (Å²) in [6, 6.07) is 9.87. The van der Waals surface area contributed by atoms with Crippen LogP contribution in [0.3, 0.4) is 0 Å². The third-order valence-electron chi connectivity index (χ3n) is 2.72. The third-order valence-corrected chi connectivity index (χ3v) is 2.72. The van der Waals surface area contributed by atoms with Crippen LogP contribution >= 0.6 is 0 Å². The van der Waals surface area contributed by atoms with E-state index in [0.29, 0.717) is 6.54 Å². The quantitative estimate of drug-likeness (QED) is 0.874. The molecule has 0 spiro atoms. The Balaban J connectivity index is 2.54. The van der Waals surface area contributed by atoms with Gasteiger partial charge in [-0.1, -0.05) is 19.1 Å². The molecule has 4 nitrogen and oxygen atoms in total. The van der Waals surface area contributed by atoms with Crippen LogP contribution in [0.5, 0.6) is 5.75 Å². The first kappa shape index (κ1) is 11.7. The maximum Gasteiger partial charge on any atom is 0.144 e. The second kappa shape index (κ2) is 5.01. The highest BCUT2D eigenvalue weighted by Crippen LogP contribution is 2.23. The lowest BCUT2D eigenvalue weighted by Gasteiger charge is -2.10. The molecule has 0 aliphatic heterocycles. The molecule has 2 N–H and O–H groups in total. The fourth-order valence-electron chi connectivity index (χ4n) is 1.84. The minimum atomic E-state index is 0.454. The summed E-state index contributed by atoms with van der Waals surface area (Å²) in [5.74, 6) is 0.814. The largest absolute Gasteiger partial charge is 0.494 e. The number of ether oxygens (including phenoxy) is 1. The molecule has 1 aromatic heterocycles. The minimum Gasteiger partial charge on any atom is -0.494 e. The lowest BCUT2D eigenvalue weighted by molar-refractivity contribution is 0.411. The molecule has 1 aromatic carbocycles. The molecular formula is C13H17N3O. The molecule has 4 heteroatoms. The van der Waals surface area contributed by atoms with Crippen LogP contribution in [-0.2, 0) is 13.0 Å². The smallest absolute Gasteiger partial charge is 0.144 e. The number of hydrogen-bond donors (Lipinski definition) is 1. The van der Waals surface area contributed by atoms with Crippen molar-refractivity contribution in [2.75, 3.05) is 7.11 Å². The Kier molecular flexibility index (Phi) is 3.44. The number of nitrogens with zero attached hydrogens (tertiary/aromatic N) is 2. The number of nitrogens with two attached hydrogens (primary N) is 1. The van der Waals surface area contributed by atoms with Crippen LogP contribution in [0.25, 0.3) is 5.69 Å². The van der Waals surface area contributed by atoms with E-state index in [2.05, 4.69) is 12.0 Å². The van der Waals surface area contributed by atoms with Gasteiger partial charge in [-0.2, -0.15) is 5.10 Å². The molecule has 0 saturated heterocycles. The maximum atomic E-state index is 5.63. The number of methoxy groups -OCH3 is 1. The predicted molar refractivity (Wildman–Crippen MR) is 67.4 cm³/mol. The van der Waals surface area contributed by atoms with Gasteiger partial charge in [-0.05, 0) is 24.6 Å². The molecule has 0 bridgehead atoms. The third kappa shape index (κ3) is 2.17. The molecule has 0 radical (unpaired) electrons. The van der Waals surface area contributed by atoms with Gasteiger partial charge in [0.15, 0.2) is 0 Å². The molecule has 2 aromatic rings. The highest BCUT2D eigenvalue weighted by Gasteiger charge is 2.10. The highest BCUT2D eigenvalue weighted by atomic mass is 16.5. The van der Waals surface area contributed by atoms with Crippen LogP contribution in [0.4, 0.5) is 0 Å². The van der Waals surface area contributed by atoms with Crippen molar-refractivity contribution in [2.24, 2.45) is 5.73 Å².